The van der Waals surface area contributed by atoms with Crippen molar-refractivity contribution in [3.8, 4) is 0 Å². The van der Waals surface area contributed by atoms with E-state index >= 15 is 0 Å². The molecule has 0 aliphatic carbocycles. The summed E-state index contributed by atoms with van der Waals surface area (Å²) >= 11 is 31.8. The zero-order valence-electron chi connectivity index (χ0n) is 25.4. The van der Waals surface area contributed by atoms with Gasteiger partial charge in [-0.2, -0.15) is 8.42 Å². The summed E-state index contributed by atoms with van der Waals surface area (Å²) in [5.41, 5.74) is 1.78. The number of anilines is 1. The number of amides is 1. The molecule has 1 aliphatic heterocycles. The van der Waals surface area contributed by atoms with Gasteiger partial charge in [-0.15, -0.1) is 0 Å². The van der Waals surface area contributed by atoms with Crippen molar-refractivity contribution in [3.05, 3.63) is 140 Å². The van der Waals surface area contributed by atoms with E-state index in [0.29, 0.717) is 36.9 Å². The monoisotopic (exact) mass is 767 g/mol. The summed E-state index contributed by atoms with van der Waals surface area (Å²) in [5, 5.41) is 4.76. The van der Waals surface area contributed by atoms with E-state index < -0.39 is 28.1 Å². The minimum Gasteiger partial charge on any atom is -0.365 e. The Morgan fingerprint density at radius 1 is 0.854 bits per heavy atom. The van der Waals surface area contributed by atoms with Crippen LogP contribution in [0, 0.1) is 6.92 Å². The Bertz CT molecular complexity index is 1860. The molecule has 5 rings (SSSR count). The lowest BCUT2D eigenvalue weighted by molar-refractivity contribution is -0.117. The van der Waals surface area contributed by atoms with Crippen LogP contribution in [0.5, 0.6) is 0 Å². The molecular weight excluding hydrogens is 740 g/mol. The summed E-state index contributed by atoms with van der Waals surface area (Å²) in [6.45, 7) is 2.01. The molecule has 8 nitrogen and oxygen atoms in total. The Morgan fingerprint density at radius 3 is 2.12 bits per heavy atom. The zero-order valence-corrected chi connectivity index (χ0v) is 30.0. The lowest BCUT2D eigenvalue weighted by Crippen LogP contribution is -2.47. The number of carbonyl (C=O) groups excluding carboxylic acids is 1. The van der Waals surface area contributed by atoms with Crippen LogP contribution in [0.25, 0.3) is 0 Å². The van der Waals surface area contributed by atoms with Crippen LogP contribution in [-0.2, 0) is 30.4 Å². The molecule has 0 saturated heterocycles. The molecule has 0 radical (unpaired) electrons. The maximum atomic E-state index is 13.6. The Morgan fingerprint density at radius 2 is 1.48 bits per heavy atom. The second-order valence-electron chi connectivity index (χ2n) is 10.9. The fourth-order valence-electron chi connectivity index (χ4n) is 4.80. The van der Waals surface area contributed by atoms with E-state index in [2.05, 4.69) is 5.32 Å². The van der Waals surface area contributed by atoms with E-state index in [4.69, 9.17) is 66.9 Å². The molecule has 0 aromatic heterocycles. The van der Waals surface area contributed by atoms with Crippen LogP contribution in [0.2, 0.25) is 20.1 Å². The summed E-state index contributed by atoms with van der Waals surface area (Å²) in [6, 6.07) is 25.0. The molecule has 14 heteroatoms. The van der Waals surface area contributed by atoms with Gasteiger partial charge in [0.2, 0.25) is 12.3 Å². The Balaban J connectivity index is 1.41. The number of halogens is 5. The van der Waals surface area contributed by atoms with E-state index in [1.165, 1.54) is 17.0 Å². The van der Waals surface area contributed by atoms with Crippen LogP contribution in [0.4, 0.5) is 5.69 Å². The summed E-state index contributed by atoms with van der Waals surface area (Å²) in [6.07, 6.45) is 1.13. The minimum absolute atomic E-state index is 0.00434. The molecule has 252 valence electrons. The first kappa shape index (κ1) is 36.3. The van der Waals surface area contributed by atoms with Crippen LogP contribution in [-0.4, -0.2) is 42.5 Å². The highest BCUT2D eigenvalue weighted by atomic mass is 35.5. The molecule has 0 fully saturated rings. The lowest BCUT2D eigenvalue weighted by atomic mass is 10.1. The van der Waals surface area contributed by atoms with E-state index in [-0.39, 0.29) is 30.4 Å². The molecule has 0 saturated carbocycles. The highest BCUT2D eigenvalue weighted by Crippen LogP contribution is 2.36. The minimum atomic E-state index is -4.30. The van der Waals surface area contributed by atoms with Gasteiger partial charge in [-0.05, 0) is 78.7 Å². The van der Waals surface area contributed by atoms with Gasteiger partial charge in [0.05, 0.1) is 11.5 Å². The van der Waals surface area contributed by atoms with Crippen molar-refractivity contribution in [1.29, 1.82) is 0 Å². The molecule has 3 atom stereocenters. The number of benzene rings is 4. The van der Waals surface area contributed by atoms with E-state index in [0.717, 1.165) is 5.56 Å². The van der Waals surface area contributed by atoms with Gasteiger partial charge in [0.25, 0.3) is 10.1 Å². The average Bonchev–Trinajstić information content (AvgIpc) is 3.44. The normalized spacial score (nSPS) is 15.8. The highest BCUT2D eigenvalue weighted by Gasteiger charge is 2.40. The number of hydrogen-bond acceptors (Lipinski definition) is 7. The fraction of sp³-hybridized carbons (Fsp3) is 0.206. The number of carbonyl (C=O) groups is 1. The lowest BCUT2D eigenvalue weighted by Gasteiger charge is -2.37. The standard InChI is InChI=1S/C34H30Cl5N3O5S/c1-22-2-14-29(15-3-22)48(44,45)47-34-41(17-16-31(43)40-28-12-10-26(36)11-13-28)18-19-42(34)33(39)32(23-4-7-25(35)8-5-23)46-21-24-6-9-27(37)20-30(24)38/h2-15,18-20,32-34H,16-17,21H2,1H3,(H,40,43). The Hall–Kier alpha value is -2.99. The molecule has 1 amide bonds. The number of aryl methyl sites for hydroxylation is 1. The Kier molecular flexibility index (Phi) is 12.2. The largest absolute Gasteiger partial charge is 0.365 e. The van der Waals surface area contributed by atoms with Gasteiger partial charge >= 0.3 is 0 Å². The molecule has 0 spiro atoms. The van der Waals surface area contributed by atoms with Gasteiger partial charge < -0.3 is 19.9 Å². The average molecular weight is 770 g/mol. The van der Waals surface area contributed by atoms with E-state index in [1.54, 1.807) is 96.2 Å². The maximum absolute atomic E-state index is 13.6. The molecule has 3 unspecified atom stereocenters. The number of nitrogens with one attached hydrogen (secondary N) is 1. The van der Waals surface area contributed by atoms with Gasteiger partial charge in [-0.25, -0.2) is 4.18 Å². The van der Waals surface area contributed by atoms with Gasteiger partial charge in [0.15, 0.2) is 0 Å². The van der Waals surface area contributed by atoms with E-state index in [1.807, 2.05) is 6.92 Å². The zero-order chi connectivity index (χ0) is 34.4. The van der Waals surface area contributed by atoms with Gasteiger partial charge in [-0.3, -0.25) is 4.79 Å². The third-order valence-corrected chi connectivity index (χ3v) is 10.2. The summed E-state index contributed by atoms with van der Waals surface area (Å²) in [4.78, 5) is 15.9. The highest BCUT2D eigenvalue weighted by molar-refractivity contribution is 7.86. The first-order chi connectivity index (χ1) is 22.9. The number of nitrogens with zero attached hydrogens (tertiary/aromatic N) is 2. The van der Waals surface area contributed by atoms with Crippen molar-refractivity contribution in [3.63, 3.8) is 0 Å². The van der Waals surface area contributed by atoms with Crippen molar-refractivity contribution in [2.75, 3.05) is 11.9 Å². The molecule has 4 aromatic rings. The van der Waals surface area contributed by atoms with Gasteiger partial charge in [0.1, 0.15) is 11.6 Å². The van der Waals surface area contributed by atoms with Crippen molar-refractivity contribution in [2.45, 2.75) is 42.8 Å². The first-order valence-corrected chi connectivity index (χ1v) is 18.0. The predicted octanol–water partition coefficient (Wildman–Crippen LogP) is 9.24. The third kappa shape index (κ3) is 9.37. The predicted molar refractivity (Wildman–Crippen MR) is 191 cm³/mol. The number of hydrogen-bond donors (Lipinski definition) is 1. The Labute approximate surface area is 304 Å². The van der Waals surface area contributed by atoms with E-state index in [9.17, 15) is 13.2 Å². The van der Waals surface area contributed by atoms with Crippen LogP contribution in [0.3, 0.4) is 0 Å². The van der Waals surface area contributed by atoms with Crippen molar-refractivity contribution in [2.24, 2.45) is 0 Å². The summed E-state index contributed by atoms with van der Waals surface area (Å²) in [7, 11) is -4.30. The SMILES string of the molecule is Cc1ccc(S(=O)(=O)OC2N(CCC(=O)Nc3ccc(Cl)cc3)C=CN2C(Cl)C(OCc2ccc(Cl)cc2Cl)c2ccc(Cl)cc2)cc1. The number of alkyl halides is 1. The van der Waals surface area contributed by atoms with Crippen LogP contribution >= 0.6 is 58.0 Å². The number of ether oxygens (including phenoxy) is 1. The first-order valence-electron chi connectivity index (χ1n) is 14.6. The second kappa shape index (κ2) is 16.1. The smallest absolute Gasteiger partial charge is 0.300 e. The quantitative estimate of drug-likeness (QED) is 0.0825. The fourth-order valence-corrected chi connectivity index (χ4v) is 6.91. The van der Waals surface area contributed by atoms with Crippen LogP contribution < -0.4 is 5.32 Å². The van der Waals surface area contributed by atoms with Crippen LogP contribution in [0.15, 0.2) is 108 Å². The summed E-state index contributed by atoms with van der Waals surface area (Å²) < 4.78 is 39.3. The maximum Gasteiger partial charge on any atom is 0.300 e. The molecule has 1 aliphatic rings. The topological polar surface area (TPSA) is 88.2 Å². The van der Waals surface area contributed by atoms with Crippen LogP contribution in [0.1, 0.15) is 29.2 Å². The third-order valence-electron chi connectivity index (χ3n) is 7.38. The van der Waals surface area contributed by atoms with Crippen molar-refractivity contribution >= 4 is 79.7 Å². The van der Waals surface area contributed by atoms with Gasteiger partial charge in [-0.1, -0.05) is 93.9 Å². The van der Waals surface area contributed by atoms with Crippen molar-refractivity contribution in [1.82, 2.24) is 9.80 Å². The second-order valence-corrected chi connectivity index (χ2v) is 14.6. The molecule has 1 N–H and O–H groups in total. The van der Waals surface area contributed by atoms with Crippen molar-refractivity contribution < 1.29 is 22.1 Å². The molecular formula is C34H30Cl5N3O5S. The summed E-state index contributed by atoms with van der Waals surface area (Å²) in [5.74, 6) is -0.297. The molecule has 0 bridgehead atoms. The molecule has 4 aromatic carbocycles. The molecule has 1 heterocycles. The molecule has 48 heavy (non-hydrogen) atoms. The van der Waals surface area contributed by atoms with Gasteiger partial charge in [0, 0.05) is 51.1 Å². The number of rotatable bonds is 13.